The summed E-state index contributed by atoms with van der Waals surface area (Å²) in [6, 6.07) is 5.85. The molecule has 0 saturated heterocycles. The standard InChI is InChI=1S/C14H19ClN2S/c1-9(14(2,3)4)8-17-12-10(15)6-5-7-11(12)16-13(17)18/h5-7,9H,8H2,1-4H3,(H,16,18). The topological polar surface area (TPSA) is 20.7 Å². The first kappa shape index (κ1) is 13.6. The molecule has 0 aliphatic heterocycles. The van der Waals surface area contributed by atoms with Crippen LogP contribution in [-0.4, -0.2) is 9.55 Å². The molecule has 2 rings (SSSR count). The molecule has 0 aliphatic rings. The van der Waals surface area contributed by atoms with Gasteiger partial charge in [-0.1, -0.05) is 45.4 Å². The summed E-state index contributed by atoms with van der Waals surface area (Å²) in [5.74, 6) is 0.513. The van der Waals surface area contributed by atoms with E-state index in [0.717, 1.165) is 27.4 Å². The van der Waals surface area contributed by atoms with Crippen LogP contribution in [0.25, 0.3) is 11.0 Å². The minimum Gasteiger partial charge on any atom is -0.331 e. The first-order chi connectivity index (χ1) is 8.30. The van der Waals surface area contributed by atoms with E-state index >= 15 is 0 Å². The van der Waals surface area contributed by atoms with E-state index in [2.05, 4.69) is 37.2 Å². The number of fused-ring (bicyclic) bond motifs is 1. The molecule has 4 heteroatoms. The molecule has 18 heavy (non-hydrogen) atoms. The maximum Gasteiger partial charge on any atom is 0.178 e. The quantitative estimate of drug-likeness (QED) is 0.766. The van der Waals surface area contributed by atoms with Gasteiger partial charge in [0.2, 0.25) is 0 Å². The maximum atomic E-state index is 6.29. The second-order valence-corrected chi connectivity index (χ2v) is 6.74. The van der Waals surface area contributed by atoms with E-state index in [1.165, 1.54) is 0 Å². The second-order valence-electron chi connectivity index (χ2n) is 5.94. The fourth-order valence-electron chi connectivity index (χ4n) is 1.90. The fraction of sp³-hybridized carbons (Fsp3) is 0.500. The van der Waals surface area contributed by atoms with Crippen molar-refractivity contribution in [3.8, 4) is 0 Å². The molecule has 2 nitrogen and oxygen atoms in total. The summed E-state index contributed by atoms with van der Waals surface area (Å²) in [5, 5.41) is 0.751. The Bertz CT molecular complexity index is 619. The highest BCUT2D eigenvalue weighted by Gasteiger charge is 2.21. The van der Waals surface area contributed by atoms with E-state index in [4.69, 9.17) is 23.8 Å². The molecule has 0 amide bonds. The van der Waals surface area contributed by atoms with Crippen LogP contribution in [0.15, 0.2) is 18.2 Å². The van der Waals surface area contributed by atoms with Crippen LogP contribution in [0.2, 0.25) is 5.02 Å². The number of H-pyrrole nitrogens is 1. The normalized spacial score (nSPS) is 14.1. The number of benzene rings is 1. The van der Waals surface area contributed by atoms with Gasteiger partial charge >= 0.3 is 0 Å². The van der Waals surface area contributed by atoms with Crippen molar-refractivity contribution in [2.45, 2.75) is 34.2 Å². The first-order valence-corrected chi connectivity index (χ1v) is 6.96. The molecule has 1 unspecified atom stereocenters. The minimum absolute atomic E-state index is 0.250. The molecule has 1 aromatic carbocycles. The molecular weight excluding hydrogens is 264 g/mol. The number of hydrogen-bond acceptors (Lipinski definition) is 1. The number of hydrogen-bond donors (Lipinski definition) is 1. The number of nitrogens with one attached hydrogen (secondary N) is 1. The van der Waals surface area contributed by atoms with Crippen LogP contribution in [0.5, 0.6) is 0 Å². The predicted molar refractivity (Wildman–Crippen MR) is 80.8 cm³/mol. The molecule has 0 aliphatic carbocycles. The van der Waals surface area contributed by atoms with E-state index in [-0.39, 0.29) is 5.41 Å². The van der Waals surface area contributed by atoms with Gasteiger partial charge in [0.1, 0.15) is 0 Å². The van der Waals surface area contributed by atoms with Crippen molar-refractivity contribution < 1.29 is 0 Å². The third-order valence-corrected chi connectivity index (χ3v) is 4.31. The summed E-state index contributed by atoms with van der Waals surface area (Å²) >= 11 is 11.7. The van der Waals surface area contributed by atoms with Gasteiger partial charge in [0.05, 0.1) is 16.1 Å². The molecule has 1 N–H and O–H groups in total. The number of nitrogens with zero attached hydrogens (tertiary/aromatic N) is 1. The van der Waals surface area contributed by atoms with Gasteiger partial charge < -0.3 is 9.55 Å². The Hall–Kier alpha value is -0.800. The maximum absolute atomic E-state index is 6.29. The fourth-order valence-corrected chi connectivity index (χ4v) is 2.45. The van der Waals surface area contributed by atoms with Gasteiger partial charge in [-0.05, 0) is 35.7 Å². The molecule has 1 aromatic heterocycles. The summed E-state index contributed by atoms with van der Waals surface area (Å²) in [4.78, 5) is 3.22. The van der Waals surface area contributed by atoms with Crippen LogP contribution in [-0.2, 0) is 6.54 Å². The van der Waals surface area contributed by atoms with Gasteiger partial charge in [0.25, 0.3) is 0 Å². The zero-order valence-electron chi connectivity index (χ0n) is 11.2. The van der Waals surface area contributed by atoms with Crippen molar-refractivity contribution in [2.24, 2.45) is 11.3 Å². The molecular formula is C14H19ClN2S. The number of imidazole rings is 1. The lowest BCUT2D eigenvalue weighted by atomic mass is 9.82. The molecule has 1 atom stereocenters. The molecule has 98 valence electrons. The number of aromatic nitrogens is 2. The summed E-state index contributed by atoms with van der Waals surface area (Å²) < 4.78 is 2.86. The van der Waals surface area contributed by atoms with Crippen LogP contribution in [0.3, 0.4) is 0 Å². The molecule has 0 radical (unpaired) electrons. The van der Waals surface area contributed by atoms with Gasteiger partial charge in [0.15, 0.2) is 4.77 Å². The van der Waals surface area contributed by atoms with Gasteiger partial charge in [-0.15, -0.1) is 0 Å². The highest BCUT2D eigenvalue weighted by Crippen LogP contribution is 2.30. The van der Waals surface area contributed by atoms with Crippen molar-refractivity contribution >= 4 is 34.9 Å². The van der Waals surface area contributed by atoms with Crippen LogP contribution >= 0.6 is 23.8 Å². The average molecular weight is 283 g/mol. The molecule has 0 bridgehead atoms. The van der Waals surface area contributed by atoms with Crippen molar-refractivity contribution in [1.82, 2.24) is 9.55 Å². The van der Waals surface area contributed by atoms with Crippen molar-refractivity contribution in [3.63, 3.8) is 0 Å². The molecule has 0 saturated carbocycles. The van der Waals surface area contributed by atoms with Crippen LogP contribution in [0.4, 0.5) is 0 Å². The molecule has 0 fully saturated rings. The van der Waals surface area contributed by atoms with Crippen molar-refractivity contribution in [1.29, 1.82) is 0 Å². The smallest absolute Gasteiger partial charge is 0.178 e. The Balaban J connectivity index is 2.52. The highest BCUT2D eigenvalue weighted by atomic mass is 35.5. The number of halogens is 1. The Labute approximate surface area is 118 Å². The Morgan fingerprint density at radius 2 is 2.06 bits per heavy atom. The monoisotopic (exact) mass is 282 g/mol. The van der Waals surface area contributed by atoms with E-state index < -0.39 is 0 Å². The molecule has 1 heterocycles. The zero-order chi connectivity index (χ0) is 13.5. The third-order valence-electron chi connectivity index (χ3n) is 3.68. The highest BCUT2D eigenvalue weighted by molar-refractivity contribution is 7.71. The van der Waals surface area contributed by atoms with Gasteiger partial charge in [-0.25, -0.2) is 0 Å². The van der Waals surface area contributed by atoms with Crippen molar-refractivity contribution in [3.05, 3.63) is 28.0 Å². The van der Waals surface area contributed by atoms with Crippen LogP contribution < -0.4 is 0 Å². The first-order valence-electron chi connectivity index (χ1n) is 6.17. The Morgan fingerprint density at radius 3 is 2.67 bits per heavy atom. The van der Waals surface area contributed by atoms with E-state index in [1.54, 1.807) is 0 Å². The van der Waals surface area contributed by atoms with Gasteiger partial charge in [0, 0.05) is 6.54 Å². The van der Waals surface area contributed by atoms with Crippen LogP contribution in [0, 0.1) is 16.1 Å². The molecule has 2 aromatic rings. The zero-order valence-corrected chi connectivity index (χ0v) is 12.8. The predicted octanol–water partition coefficient (Wildman–Crippen LogP) is 5.03. The second kappa shape index (κ2) is 4.71. The van der Waals surface area contributed by atoms with Gasteiger partial charge in [-0.2, -0.15) is 0 Å². The molecule has 0 spiro atoms. The van der Waals surface area contributed by atoms with Gasteiger partial charge in [-0.3, -0.25) is 0 Å². The van der Waals surface area contributed by atoms with Crippen molar-refractivity contribution in [2.75, 3.05) is 0 Å². The van der Waals surface area contributed by atoms with E-state index in [9.17, 15) is 0 Å². The lowest BCUT2D eigenvalue weighted by Gasteiger charge is -2.27. The summed E-state index contributed by atoms with van der Waals surface area (Å²) in [6.45, 7) is 9.87. The third kappa shape index (κ3) is 2.47. The minimum atomic E-state index is 0.250. The average Bonchev–Trinajstić information content (AvgIpc) is 2.55. The SMILES string of the molecule is CC(Cn1c(=S)[nH]c2cccc(Cl)c21)C(C)(C)C. The largest absolute Gasteiger partial charge is 0.331 e. The summed E-state index contributed by atoms with van der Waals surface area (Å²) in [7, 11) is 0. The Morgan fingerprint density at radius 1 is 1.39 bits per heavy atom. The lowest BCUT2D eigenvalue weighted by molar-refractivity contribution is 0.234. The van der Waals surface area contributed by atoms with Crippen LogP contribution in [0.1, 0.15) is 27.7 Å². The number of para-hydroxylation sites is 1. The lowest BCUT2D eigenvalue weighted by Crippen LogP contribution is -2.22. The number of aromatic amines is 1. The summed E-state index contributed by atoms with van der Waals surface area (Å²) in [6.07, 6.45) is 0. The van der Waals surface area contributed by atoms with E-state index in [0.29, 0.717) is 5.92 Å². The summed E-state index contributed by atoms with van der Waals surface area (Å²) in [5.41, 5.74) is 2.27. The number of rotatable bonds is 2. The van der Waals surface area contributed by atoms with E-state index in [1.807, 2.05) is 18.2 Å². The Kier molecular flexibility index (Phi) is 3.56.